The topological polar surface area (TPSA) is 98.2 Å². The van der Waals surface area contributed by atoms with Crippen LogP contribution in [0.1, 0.15) is 24.1 Å². The molecule has 5 rings (SSSR count). The van der Waals surface area contributed by atoms with Crippen molar-refractivity contribution in [2.45, 2.75) is 13.0 Å². The second-order valence-corrected chi connectivity index (χ2v) is 9.33. The number of hydrogen-bond acceptors (Lipinski definition) is 8. The Morgan fingerprint density at radius 2 is 1.84 bits per heavy atom. The molecule has 38 heavy (non-hydrogen) atoms. The van der Waals surface area contributed by atoms with Gasteiger partial charge >= 0.3 is 5.91 Å². The smallest absolute Gasteiger partial charge is 0.301 e. The van der Waals surface area contributed by atoms with E-state index in [1.54, 1.807) is 30.3 Å². The summed E-state index contributed by atoms with van der Waals surface area (Å²) >= 11 is 1.21. The quantitative estimate of drug-likeness (QED) is 0.191. The number of fused-ring (bicyclic) bond motifs is 1. The third-order valence-electron chi connectivity index (χ3n) is 6.16. The minimum Gasteiger partial charge on any atom is -0.507 e. The van der Waals surface area contributed by atoms with Gasteiger partial charge in [-0.1, -0.05) is 23.5 Å². The standard InChI is InChI=1S/C28H23FN2O6S/c1-4-37-17-12-13-19-21(14-17)38-28(30-19)31-23(18-6-5-7-20(35-2)26(18)36-3)22(25(33)27(31)34)24(32)15-8-10-16(29)11-9-15/h5-14,23,32H,4H2,1-3H3/b24-22+/t23-/m1/s1. The first-order valence-corrected chi connectivity index (χ1v) is 12.5. The van der Waals surface area contributed by atoms with E-state index in [1.165, 1.54) is 42.6 Å². The fraction of sp³-hybridized carbons (Fsp3) is 0.179. The first-order chi connectivity index (χ1) is 18.4. The number of benzene rings is 3. The van der Waals surface area contributed by atoms with E-state index >= 15 is 0 Å². The lowest BCUT2D eigenvalue weighted by Gasteiger charge is -2.25. The van der Waals surface area contributed by atoms with E-state index in [4.69, 9.17) is 14.2 Å². The van der Waals surface area contributed by atoms with Crippen LogP contribution >= 0.6 is 11.3 Å². The summed E-state index contributed by atoms with van der Waals surface area (Å²) in [5.74, 6) is -1.41. The van der Waals surface area contributed by atoms with Crippen LogP contribution in [0.15, 0.2) is 66.2 Å². The number of aliphatic hydroxyl groups is 1. The first kappa shape index (κ1) is 25.2. The molecule has 10 heteroatoms. The van der Waals surface area contributed by atoms with Crippen molar-refractivity contribution in [3.63, 3.8) is 0 Å². The summed E-state index contributed by atoms with van der Waals surface area (Å²) in [5, 5.41) is 11.5. The fourth-order valence-electron chi connectivity index (χ4n) is 4.47. The molecule has 1 N–H and O–H groups in total. The van der Waals surface area contributed by atoms with Gasteiger partial charge in [-0.3, -0.25) is 14.5 Å². The van der Waals surface area contributed by atoms with E-state index in [9.17, 15) is 19.1 Å². The van der Waals surface area contributed by atoms with Crippen LogP contribution in [0.25, 0.3) is 16.0 Å². The van der Waals surface area contributed by atoms with Crippen molar-refractivity contribution in [2.75, 3.05) is 25.7 Å². The van der Waals surface area contributed by atoms with Gasteiger partial charge in [-0.2, -0.15) is 0 Å². The molecule has 1 aliphatic rings. The number of ketones is 1. The Morgan fingerprint density at radius 1 is 1.08 bits per heavy atom. The van der Waals surface area contributed by atoms with E-state index in [0.29, 0.717) is 29.2 Å². The molecule has 194 valence electrons. The number of thiazole rings is 1. The first-order valence-electron chi connectivity index (χ1n) is 11.7. The van der Waals surface area contributed by atoms with E-state index < -0.39 is 29.3 Å². The average Bonchev–Trinajstić information content (AvgIpc) is 3.45. The van der Waals surface area contributed by atoms with Crippen LogP contribution in [0.4, 0.5) is 9.52 Å². The van der Waals surface area contributed by atoms with Crippen LogP contribution < -0.4 is 19.1 Å². The Labute approximate surface area is 221 Å². The molecule has 0 aliphatic carbocycles. The number of aliphatic hydroxyl groups excluding tert-OH is 1. The minimum absolute atomic E-state index is 0.178. The zero-order chi connectivity index (χ0) is 27.0. The maximum atomic E-state index is 13.6. The Kier molecular flexibility index (Phi) is 6.73. The molecule has 2 heterocycles. The molecule has 8 nitrogen and oxygen atoms in total. The van der Waals surface area contributed by atoms with E-state index in [2.05, 4.69) is 4.98 Å². The lowest BCUT2D eigenvalue weighted by Crippen LogP contribution is -2.29. The highest BCUT2D eigenvalue weighted by atomic mass is 32.1. The molecule has 0 bridgehead atoms. The highest BCUT2D eigenvalue weighted by Gasteiger charge is 2.49. The number of carbonyl (C=O) groups is 2. The average molecular weight is 535 g/mol. The number of nitrogens with zero attached hydrogens (tertiary/aromatic N) is 2. The maximum Gasteiger partial charge on any atom is 0.301 e. The molecular formula is C28H23FN2O6S. The highest BCUT2D eigenvalue weighted by molar-refractivity contribution is 7.22. The summed E-state index contributed by atoms with van der Waals surface area (Å²) in [4.78, 5) is 32.9. The molecule has 3 aromatic carbocycles. The van der Waals surface area contributed by atoms with Crippen molar-refractivity contribution in [3.8, 4) is 17.2 Å². The van der Waals surface area contributed by atoms with E-state index in [0.717, 1.165) is 16.8 Å². The molecule has 1 aromatic heterocycles. The molecule has 4 aromatic rings. The number of carbonyl (C=O) groups excluding carboxylic acids is 2. The number of halogens is 1. The Balaban J connectivity index is 1.75. The largest absolute Gasteiger partial charge is 0.507 e. The number of anilines is 1. The van der Waals surface area contributed by atoms with Gasteiger partial charge in [-0.05, 0) is 55.5 Å². The Hall–Kier alpha value is -4.44. The second-order valence-electron chi connectivity index (χ2n) is 8.32. The zero-order valence-corrected chi connectivity index (χ0v) is 21.5. The molecule has 0 spiro atoms. The number of Topliss-reactive ketones (excluding diaryl/α,β-unsaturated/α-hetero) is 1. The highest BCUT2D eigenvalue weighted by Crippen LogP contribution is 2.48. The maximum absolute atomic E-state index is 13.6. The summed E-state index contributed by atoms with van der Waals surface area (Å²) in [6.45, 7) is 2.37. The fourth-order valence-corrected chi connectivity index (χ4v) is 5.49. The van der Waals surface area contributed by atoms with Crippen LogP contribution in [-0.4, -0.2) is 42.6 Å². The predicted molar refractivity (Wildman–Crippen MR) is 142 cm³/mol. The second kappa shape index (κ2) is 10.1. The van der Waals surface area contributed by atoms with Gasteiger partial charge in [0.2, 0.25) is 0 Å². The number of rotatable bonds is 7. The van der Waals surface area contributed by atoms with Crippen molar-refractivity contribution >= 4 is 44.1 Å². The Bertz CT molecular complexity index is 1580. The van der Waals surface area contributed by atoms with Gasteiger partial charge in [0.05, 0.1) is 36.6 Å². The third kappa shape index (κ3) is 4.22. The lowest BCUT2D eigenvalue weighted by atomic mass is 9.94. The van der Waals surface area contributed by atoms with Crippen molar-refractivity contribution < 1.29 is 33.3 Å². The number of amides is 1. The number of hydrogen-bond donors (Lipinski definition) is 1. The summed E-state index contributed by atoms with van der Waals surface area (Å²) in [6, 6.07) is 14.3. The molecule has 1 atom stereocenters. The lowest BCUT2D eigenvalue weighted by molar-refractivity contribution is -0.132. The number of para-hydroxylation sites is 1. The minimum atomic E-state index is -1.10. The van der Waals surface area contributed by atoms with Gasteiger partial charge in [-0.25, -0.2) is 9.37 Å². The van der Waals surface area contributed by atoms with Gasteiger partial charge in [0.15, 0.2) is 16.6 Å². The van der Waals surface area contributed by atoms with Crippen molar-refractivity contribution in [1.29, 1.82) is 0 Å². The summed E-state index contributed by atoms with van der Waals surface area (Å²) in [7, 11) is 2.92. The van der Waals surface area contributed by atoms with Crippen LogP contribution in [0.2, 0.25) is 0 Å². The predicted octanol–water partition coefficient (Wildman–Crippen LogP) is 5.48. The van der Waals surface area contributed by atoms with Gasteiger partial charge in [-0.15, -0.1) is 0 Å². The molecule has 1 saturated heterocycles. The van der Waals surface area contributed by atoms with Crippen LogP contribution in [0, 0.1) is 5.82 Å². The van der Waals surface area contributed by atoms with E-state index in [1.807, 2.05) is 13.0 Å². The van der Waals surface area contributed by atoms with Gasteiger partial charge in [0.25, 0.3) is 5.78 Å². The number of methoxy groups -OCH3 is 2. The van der Waals surface area contributed by atoms with Crippen molar-refractivity contribution in [1.82, 2.24) is 4.98 Å². The normalized spacial score (nSPS) is 16.7. The SMILES string of the molecule is CCOc1ccc2nc(N3C(=O)C(=O)/C(=C(/O)c4ccc(F)cc4)[C@H]3c3cccc(OC)c3OC)sc2c1. The van der Waals surface area contributed by atoms with Crippen LogP contribution in [0.3, 0.4) is 0 Å². The third-order valence-corrected chi connectivity index (χ3v) is 7.17. The zero-order valence-electron chi connectivity index (χ0n) is 20.7. The molecule has 1 amide bonds. The van der Waals surface area contributed by atoms with Crippen LogP contribution in [-0.2, 0) is 9.59 Å². The number of ether oxygens (including phenoxy) is 3. The van der Waals surface area contributed by atoms with E-state index in [-0.39, 0.29) is 22.0 Å². The monoisotopic (exact) mass is 534 g/mol. The molecule has 0 radical (unpaired) electrons. The van der Waals surface area contributed by atoms with Crippen molar-refractivity contribution in [3.05, 3.63) is 83.2 Å². The van der Waals surface area contributed by atoms with Gasteiger partial charge in [0.1, 0.15) is 23.4 Å². The Morgan fingerprint density at radius 3 is 2.53 bits per heavy atom. The van der Waals surface area contributed by atoms with Gasteiger partial charge < -0.3 is 19.3 Å². The van der Waals surface area contributed by atoms with Gasteiger partial charge in [0, 0.05) is 11.1 Å². The molecular weight excluding hydrogens is 511 g/mol. The molecule has 1 fully saturated rings. The molecule has 0 saturated carbocycles. The van der Waals surface area contributed by atoms with Crippen molar-refractivity contribution in [2.24, 2.45) is 0 Å². The summed E-state index contributed by atoms with van der Waals surface area (Å²) in [6.07, 6.45) is 0. The molecule has 1 aliphatic heterocycles. The number of aromatic nitrogens is 1. The summed E-state index contributed by atoms with van der Waals surface area (Å²) in [5.41, 5.74) is 1.03. The van der Waals surface area contributed by atoms with Crippen LogP contribution in [0.5, 0.6) is 17.2 Å². The molecule has 0 unspecified atom stereocenters. The summed E-state index contributed by atoms with van der Waals surface area (Å²) < 4.78 is 31.0.